The zero-order valence-corrected chi connectivity index (χ0v) is 16.3. The molecule has 2 N–H and O–H groups in total. The van der Waals surface area contributed by atoms with E-state index < -0.39 is 11.7 Å². The number of nitrogens with two attached hydrogens (primary N) is 1. The van der Waals surface area contributed by atoms with Gasteiger partial charge in [-0.3, -0.25) is 0 Å². The largest absolute Gasteiger partial charge is 0.492 e. The van der Waals surface area contributed by atoms with Crippen molar-refractivity contribution in [2.75, 3.05) is 13.2 Å². The number of hydrogen-bond acceptors (Lipinski definition) is 3. The van der Waals surface area contributed by atoms with Crippen molar-refractivity contribution < 1.29 is 22.6 Å². The quantitative estimate of drug-likeness (QED) is 0.529. The smallest absolute Gasteiger partial charge is 0.419 e. The fourth-order valence-electron chi connectivity index (χ4n) is 2.71. The molecule has 3 rings (SSSR count). The van der Waals surface area contributed by atoms with Gasteiger partial charge in [-0.05, 0) is 41.0 Å². The van der Waals surface area contributed by atoms with Gasteiger partial charge in [0.25, 0.3) is 0 Å². The highest BCUT2D eigenvalue weighted by molar-refractivity contribution is 5.85. The average Bonchev–Trinajstić information content (AvgIpc) is 2.71. The van der Waals surface area contributed by atoms with Gasteiger partial charge in [-0.2, -0.15) is 13.2 Å². The molecule has 0 fully saturated rings. The molecular weight excluding hydrogens is 403 g/mol. The Balaban J connectivity index is 0.00000300. The van der Waals surface area contributed by atoms with Crippen LogP contribution < -0.4 is 15.2 Å². The van der Waals surface area contributed by atoms with Crippen molar-refractivity contribution in [1.82, 2.24) is 0 Å². The Bertz CT molecular complexity index is 900. The Morgan fingerprint density at radius 2 is 1.45 bits per heavy atom. The lowest BCUT2D eigenvalue weighted by molar-refractivity contribution is -0.138. The molecule has 0 bridgehead atoms. The molecule has 0 heterocycles. The first-order valence-corrected chi connectivity index (χ1v) is 8.78. The van der Waals surface area contributed by atoms with Crippen molar-refractivity contribution >= 4 is 12.4 Å². The van der Waals surface area contributed by atoms with E-state index in [1.165, 1.54) is 6.07 Å². The summed E-state index contributed by atoms with van der Waals surface area (Å²) in [4.78, 5) is 0. The fraction of sp³-hybridized carbons (Fsp3) is 0.182. The minimum absolute atomic E-state index is 0. The highest BCUT2D eigenvalue weighted by atomic mass is 35.5. The summed E-state index contributed by atoms with van der Waals surface area (Å²) in [6.45, 7) is 0.588. The first-order valence-electron chi connectivity index (χ1n) is 8.78. The molecule has 3 aromatic rings. The zero-order chi connectivity index (χ0) is 20.0. The van der Waals surface area contributed by atoms with Crippen LogP contribution in [0.3, 0.4) is 0 Å². The molecule has 0 aliphatic heterocycles. The molecular formula is C22H21ClF3NO2. The fourth-order valence-corrected chi connectivity index (χ4v) is 2.71. The van der Waals surface area contributed by atoms with Crippen LogP contribution in [0.2, 0.25) is 0 Å². The predicted molar refractivity (Wildman–Crippen MR) is 109 cm³/mol. The molecule has 0 spiro atoms. The van der Waals surface area contributed by atoms with Gasteiger partial charge in [-0.25, -0.2) is 0 Å². The van der Waals surface area contributed by atoms with Gasteiger partial charge in [0.2, 0.25) is 0 Å². The van der Waals surface area contributed by atoms with Crippen molar-refractivity contribution in [3.63, 3.8) is 0 Å². The Morgan fingerprint density at radius 3 is 2.07 bits per heavy atom. The summed E-state index contributed by atoms with van der Waals surface area (Å²) in [5, 5.41) is 0. The van der Waals surface area contributed by atoms with Crippen molar-refractivity contribution in [3.8, 4) is 22.6 Å². The molecule has 7 heteroatoms. The molecule has 0 aliphatic rings. The van der Waals surface area contributed by atoms with E-state index >= 15 is 0 Å². The maximum atomic E-state index is 13.4. The molecule has 0 amide bonds. The van der Waals surface area contributed by atoms with Crippen LogP contribution in [-0.4, -0.2) is 13.2 Å². The summed E-state index contributed by atoms with van der Waals surface area (Å²) in [7, 11) is 0. The third kappa shape index (κ3) is 6.14. The zero-order valence-electron chi connectivity index (χ0n) is 15.5. The summed E-state index contributed by atoms with van der Waals surface area (Å²) in [5.41, 5.74) is 6.64. The lowest BCUT2D eigenvalue weighted by atomic mass is 10.0. The molecule has 0 unspecified atom stereocenters. The molecule has 0 radical (unpaired) electrons. The van der Waals surface area contributed by atoms with Crippen LogP contribution in [0.25, 0.3) is 11.1 Å². The molecule has 3 aromatic carbocycles. The first kappa shape index (κ1) is 22.6. The van der Waals surface area contributed by atoms with Crippen molar-refractivity contribution in [1.29, 1.82) is 0 Å². The summed E-state index contributed by atoms with van der Waals surface area (Å²) in [6, 6.07) is 20.7. The van der Waals surface area contributed by atoms with Gasteiger partial charge in [0, 0.05) is 6.54 Å². The van der Waals surface area contributed by atoms with E-state index in [0.717, 1.165) is 11.6 Å². The molecule has 29 heavy (non-hydrogen) atoms. The van der Waals surface area contributed by atoms with E-state index in [2.05, 4.69) is 0 Å². The average molecular weight is 424 g/mol. The highest BCUT2D eigenvalue weighted by Gasteiger charge is 2.34. The van der Waals surface area contributed by atoms with Gasteiger partial charge in [-0.1, -0.05) is 48.5 Å². The van der Waals surface area contributed by atoms with E-state index in [4.69, 9.17) is 15.2 Å². The number of hydrogen-bond donors (Lipinski definition) is 1. The van der Waals surface area contributed by atoms with Gasteiger partial charge in [0.1, 0.15) is 24.7 Å². The van der Waals surface area contributed by atoms with Crippen LogP contribution in [0.1, 0.15) is 11.1 Å². The van der Waals surface area contributed by atoms with Crippen LogP contribution >= 0.6 is 12.4 Å². The minimum atomic E-state index is -4.52. The maximum Gasteiger partial charge on any atom is 0.419 e. The number of rotatable bonds is 7. The molecule has 154 valence electrons. The Labute approximate surface area is 173 Å². The van der Waals surface area contributed by atoms with E-state index in [1.807, 2.05) is 30.3 Å². The van der Waals surface area contributed by atoms with Crippen LogP contribution in [0.15, 0.2) is 72.8 Å². The third-order valence-electron chi connectivity index (χ3n) is 4.10. The second-order valence-electron chi connectivity index (χ2n) is 6.14. The second kappa shape index (κ2) is 10.2. The van der Waals surface area contributed by atoms with E-state index in [0.29, 0.717) is 23.5 Å². The lowest BCUT2D eigenvalue weighted by Gasteiger charge is -2.15. The normalized spacial score (nSPS) is 10.9. The predicted octanol–water partition coefficient (Wildman–Crippen LogP) is 5.71. The summed E-state index contributed by atoms with van der Waals surface area (Å²) in [5.74, 6) is 0.427. The van der Waals surface area contributed by atoms with E-state index in [1.54, 1.807) is 30.3 Å². The van der Waals surface area contributed by atoms with Crippen molar-refractivity contribution in [3.05, 3.63) is 83.9 Å². The number of benzene rings is 3. The van der Waals surface area contributed by atoms with Crippen LogP contribution in [0.5, 0.6) is 11.5 Å². The maximum absolute atomic E-state index is 13.4. The van der Waals surface area contributed by atoms with E-state index in [9.17, 15) is 13.2 Å². The van der Waals surface area contributed by atoms with Gasteiger partial charge < -0.3 is 15.2 Å². The molecule has 0 saturated carbocycles. The van der Waals surface area contributed by atoms with Crippen LogP contribution in [0, 0.1) is 0 Å². The van der Waals surface area contributed by atoms with Gasteiger partial charge in [0.15, 0.2) is 0 Å². The van der Waals surface area contributed by atoms with Gasteiger partial charge >= 0.3 is 6.18 Å². The molecule has 3 nitrogen and oxygen atoms in total. The van der Waals surface area contributed by atoms with Crippen molar-refractivity contribution in [2.45, 2.75) is 12.8 Å². The Hall–Kier alpha value is -2.70. The molecule has 0 saturated heterocycles. The topological polar surface area (TPSA) is 44.5 Å². The Morgan fingerprint density at radius 1 is 0.793 bits per heavy atom. The van der Waals surface area contributed by atoms with Crippen LogP contribution in [-0.2, 0) is 12.8 Å². The SMILES string of the molecule is Cl.NCCOc1ccc(-c2ccc(OCc3ccccc3)cc2)cc1C(F)(F)F. The molecule has 0 aliphatic carbocycles. The lowest BCUT2D eigenvalue weighted by Crippen LogP contribution is -2.14. The first-order chi connectivity index (χ1) is 13.5. The second-order valence-corrected chi connectivity index (χ2v) is 6.14. The summed E-state index contributed by atoms with van der Waals surface area (Å²) >= 11 is 0. The highest BCUT2D eigenvalue weighted by Crippen LogP contribution is 2.39. The summed E-state index contributed by atoms with van der Waals surface area (Å²) in [6.07, 6.45) is -4.52. The summed E-state index contributed by atoms with van der Waals surface area (Å²) < 4.78 is 50.9. The van der Waals surface area contributed by atoms with E-state index in [-0.39, 0.29) is 31.3 Å². The molecule has 0 aromatic heterocycles. The number of alkyl halides is 3. The number of halogens is 4. The van der Waals surface area contributed by atoms with Crippen LogP contribution in [0.4, 0.5) is 13.2 Å². The standard InChI is InChI=1S/C22H20F3NO2.ClH/c23-22(24,25)20-14-18(8-11-21(20)27-13-12-26)17-6-9-19(10-7-17)28-15-16-4-2-1-3-5-16;/h1-11,14H,12-13,15,26H2;1H. The molecule has 0 atom stereocenters. The number of ether oxygens (including phenoxy) is 2. The van der Waals surface area contributed by atoms with Gasteiger partial charge in [-0.15, -0.1) is 12.4 Å². The minimum Gasteiger partial charge on any atom is -0.492 e. The monoisotopic (exact) mass is 423 g/mol. The van der Waals surface area contributed by atoms with Gasteiger partial charge in [0.05, 0.1) is 5.56 Å². The van der Waals surface area contributed by atoms with Crippen molar-refractivity contribution in [2.24, 2.45) is 5.73 Å². The Kier molecular flexibility index (Phi) is 7.93. The third-order valence-corrected chi connectivity index (χ3v) is 4.10.